The number of para-hydroxylation sites is 1. The lowest BCUT2D eigenvalue weighted by atomic mass is 10.2. The monoisotopic (exact) mass is 505 g/mol. The number of carbonyl (C=O) groups is 1. The van der Waals surface area contributed by atoms with Crippen LogP contribution in [0.2, 0.25) is 0 Å². The lowest BCUT2D eigenvalue weighted by Crippen LogP contribution is -2.48. The van der Waals surface area contributed by atoms with E-state index in [9.17, 15) is 17.6 Å². The van der Waals surface area contributed by atoms with Crippen LogP contribution < -0.4 is 4.72 Å². The number of pyridine rings is 2. The topological polar surface area (TPSA) is 95.5 Å². The van der Waals surface area contributed by atoms with Gasteiger partial charge in [0, 0.05) is 44.3 Å². The zero-order valence-electron chi connectivity index (χ0n) is 19.3. The van der Waals surface area contributed by atoms with Gasteiger partial charge in [0.25, 0.3) is 15.9 Å². The minimum atomic E-state index is -3.90. The second kappa shape index (κ2) is 10.00. The molecule has 184 valence electrons. The number of halogens is 1. The van der Waals surface area contributed by atoms with Crippen LogP contribution in [0.4, 0.5) is 10.1 Å². The first kappa shape index (κ1) is 23.8. The van der Waals surface area contributed by atoms with Gasteiger partial charge in [-0.25, -0.2) is 17.8 Å². The maximum atomic E-state index is 13.1. The standard InChI is InChI=1S/C26H24FN5O3S/c27-21-8-6-19(7-9-21)18-31-13-15-32(16-14-31)26(33)23-11-10-22(17-29-23)30-36(34,35)24-5-1-3-20-4-2-12-28-25(20)24/h1-12,17,30H,13-16,18H2. The molecule has 5 rings (SSSR count). The van der Waals surface area contributed by atoms with Gasteiger partial charge in [-0.3, -0.25) is 19.4 Å². The van der Waals surface area contributed by atoms with Gasteiger partial charge in [0.1, 0.15) is 16.4 Å². The number of hydrogen-bond donors (Lipinski definition) is 1. The normalized spacial score (nSPS) is 14.6. The van der Waals surface area contributed by atoms with E-state index in [4.69, 9.17) is 0 Å². The fourth-order valence-electron chi connectivity index (χ4n) is 4.20. The highest BCUT2D eigenvalue weighted by atomic mass is 32.2. The van der Waals surface area contributed by atoms with Crippen LogP contribution in [0, 0.1) is 5.82 Å². The van der Waals surface area contributed by atoms with Crippen molar-refractivity contribution in [3.8, 4) is 0 Å². The highest BCUT2D eigenvalue weighted by molar-refractivity contribution is 7.93. The molecule has 2 aromatic carbocycles. The summed E-state index contributed by atoms with van der Waals surface area (Å²) in [6, 6.07) is 18.0. The zero-order chi connectivity index (χ0) is 25.1. The molecule has 0 saturated carbocycles. The molecule has 0 aliphatic carbocycles. The van der Waals surface area contributed by atoms with Gasteiger partial charge in [-0.15, -0.1) is 0 Å². The van der Waals surface area contributed by atoms with E-state index in [1.807, 2.05) is 0 Å². The van der Waals surface area contributed by atoms with Crippen LogP contribution in [0.3, 0.4) is 0 Å². The van der Waals surface area contributed by atoms with Crippen LogP contribution >= 0.6 is 0 Å². The Morgan fingerprint density at radius 3 is 2.39 bits per heavy atom. The average Bonchev–Trinajstić information content (AvgIpc) is 2.90. The molecular weight excluding hydrogens is 481 g/mol. The molecule has 2 aromatic heterocycles. The van der Waals surface area contributed by atoms with Gasteiger partial charge in [0.2, 0.25) is 0 Å². The quantitative estimate of drug-likeness (QED) is 0.431. The van der Waals surface area contributed by atoms with E-state index in [2.05, 4.69) is 19.6 Å². The molecule has 0 bridgehead atoms. The van der Waals surface area contributed by atoms with Gasteiger partial charge in [-0.1, -0.05) is 30.3 Å². The van der Waals surface area contributed by atoms with Crippen molar-refractivity contribution in [2.45, 2.75) is 11.4 Å². The van der Waals surface area contributed by atoms with Gasteiger partial charge in [0.05, 0.1) is 17.4 Å². The van der Waals surface area contributed by atoms with Gasteiger partial charge < -0.3 is 4.90 Å². The summed E-state index contributed by atoms with van der Waals surface area (Å²) in [5.74, 6) is -0.463. The number of nitrogens with zero attached hydrogens (tertiary/aromatic N) is 4. The maximum absolute atomic E-state index is 13.1. The number of fused-ring (bicyclic) bond motifs is 1. The van der Waals surface area contributed by atoms with Crippen LogP contribution in [0.5, 0.6) is 0 Å². The number of amides is 1. The van der Waals surface area contributed by atoms with Crippen LogP contribution in [0.15, 0.2) is 84.0 Å². The first-order valence-electron chi connectivity index (χ1n) is 11.5. The summed E-state index contributed by atoms with van der Waals surface area (Å²) in [4.78, 5) is 25.3. The SMILES string of the molecule is O=C(c1ccc(NS(=O)(=O)c2cccc3cccnc23)cn1)N1CCN(Cc2ccc(F)cc2)CC1. The van der Waals surface area contributed by atoms with Gasteiger partial charge >= 0.3 is 0 Å². The van der Waals surface area contributed by atoms with Crippen molar-refractivity contribution >= 4 is 32.5 Å². The molecular formula is C26H24FN5O3S. The predicted molar refractivity (Wildman–Crippen MR) is 134 cm³/mol. The van der Waals surface area contributed by atoms with Crippen molar-refractivity contribution in [1.29, 1.82) is 0 Å². The summed E-state index contributed by atoms with van der Waals surface area (Å²) in [7, 11) is -3.90. The summed E-state index contributed by atoms with van der Waals surface area (Å²) in [6.45, 7) is 3.18. The van der Waals surface area contributed by atoms with E-state index in [1.165, 1.54) is 36.5 Å². The molecule has 1 fully saturated rings. The molecule has 1 aliphatic heterocycles. The van der Waals surface area contributed by atoms with Crippen LogP contribution in [0.25, 0.3) is 10.9 Å². The average molecular weight is 506 g/mol. The number of nitrogens with one attached hydrogen (secondary N) is 1. The number of benzene rings is 2. The zero-order valence-corrected chi connectivity index (χ0v) is 20.2. The molecule has 1 N–H and O–H groups in total. The third kappa shape index (κ3) is 5.19. The van der Waals surface area contributed by atoms with Crippen molar-refractivity contribution in [3.63, 3.8) is 0 Å². The second-order valence-corrected chi connectivity index (χ2v) is 10.2. The fraction of sp³-hybridized carbons (Fsp3) is 0.192. The lowest BCUT2D eigenvalue weighted by molar-refractivity contribution is 0.0622. The molecule has 3 heterocycles. The molecule has 8 nitrogen and oxygen atoms in total. The number of anilines is 1. The first-order valence-corrected chi connectivity index (χ1v) is 13.0. The van der Waals surface area contributed by atoms with E-state index >= 15 is 0 Å². The fourth-order valence-corrected chi connectivity index (χ4v) is 5.43. The van der Waals surface area contributed by atoms with Gasteiger partial charge in [-0.05, 0) is 42.0 Å². The summed E-state index contributed by atoms with van der Waals surface area (Å²) in [5.41, 5.74) is 1.90. The van der Waals surface area contributed by atoms with Crippen molar-refractivity contribution in [1.82, 2.24) is 19.8 Å². The Kier molecular flexibility index (Phi) is 6.62. The predicted octanol–water partition coefficient (Wildman–Crippen LogP) is 3.53. The van der Waals surface area contributed by atoms with E-state index in [0.717, 1.165) is 10.9 Å². The van der Waals surface area contributed by atoms with Crippen LogP contribution in [-0.4, -0.2) is 60.3 Å². The van der Waals surface area contributed by atoms with Crippen molar-refractivity contribution < 1.29 is 17.6 Å². The van der Waals surface area contributed by atoms with Crippen molar-refractivity contribution in [3.05, 3.63) is 96.2 Å². The minimum Gasteiger partial charge on any atom is -0.335 e. The van der Waals surface area contributed by atoms with E-state index in [0.29, 0.717) is 38.2 Å². The number of carbonyl (C=O) groups excluding carboxylic acids is 1. The summed E-state index contributed by atoms with van der Waals surface area (Å²) in [5, 5.41) is 0.720. The minimum absolute atomic E-state index is 0.0688. The number of sulfonamides is 1. The Hall–Kier alpha value is -3.89. The Morgan fingerprint density at radius 2 is 1.67 bits per heavy atom. The molecule has 36 heavy (non-hydrogen) atoms. The van der Waals surface area contributed by atoms with Crippen LogP contribution in [0.1, 0.15) is 16.1 Å². The number of hydrogen-bond acceptors (Lipinski definition) is 6. The molecule has 1 aliphatic rings. The Bertz CT molecular complexity index is 1480. The molecule has 0 atom stereocenters. The third-order valence-corrected chi connectivity index (χ3v) is 7.51. The smallest absolute Gasteiger partial charge is 0.272 e. The van der Waals surface area contributed by atoms with Crippen LogP contribution in [-0.2, 0) is 16.6 Å². The number of piperazine rings is 1. The number of aromatic nitrogens is 2. The number of rotatable bonds is 6. The van der Waals surface area contributed by atoms with Crippen molar-refractivity contribution in [2.75, 3.05) is 30.9 Å². The lowest BCUT2D eigenvalue weighted by Gasteiger charge is -2.34. The molecule has 0 radical (unpaired) electrons. The van der Waals surface area contributed by atoms with E-state index in [1.54, 1.807) is 47.5 Å². The summed E-state index contributed by atoms with van der Waals surface area (Å²) in [6.07, 6.45) is 2.89. The molecule has 1 amide bonds. The third-order valence-electron chi connectivity index (χ3n) is 6.10. The highest BCUT2D eigenvalue weighted by Gasteiger charge is 2.24. The molecule has 0 spiro atoms. The molecule has 4 aromatic rings. The maximum Gasteiger partial charge on any atom is 0.272 e. The Balaban J connectivity index is 1.21. The van der Waals surface area contributed by atoms with Gasteiger partial charge in [0.15, 0.2) is 0 Å². The summed E-state index contributed by atoms with van der Waals surface area (Å²) < 4.78 is 41.6. The van der Waals surface area contributed by atoms with E-state index in [-0.39, 0.29) is 28.0 Å². The highest BCUT2D eigenvalue weighted by Crippen LogP contribution is 2.23. The van der Waals surface area contributed by atoms with Crippen molar-refractivity contribution in [2.24, 2.45) is 0 Å². The largest absolute Gasteiger partial charge is 0.335 e. The Labute approximate surface area is 208 Å². The van der Waals surface area contributed by atoms with E-state index < -0.39 is 10.0 Å². The first-order chi connectivity index (χ1) is 17.4. The van der Waals surface area contributed by atoms with Gasteiger partial charge in [-0.2, -0.15) is 0 Å². The molecule has 1 saturated heterocycles. The Morgan fingerprint density at radius 1 is 0.917 bits per heavy atom. The second-order valence-electron chi connectivity index (χ2n) is 8.56. The molecule has 0 unspecified atom stereocenters. The molecule has 10 heteroatoms. The summed E-state index contributed by atoms with van der Waals surface area (Å²) >= 11 is 0.